The van der Waals surface area contributed by atoms with Crippen molar-refractivity contribution >= 4 is 25.0 Å². The minimum absolute atomic E-state index is 0.452. The van der Waals surface area contributed by atoms with E-state index in [1.807, 2.05) is 41.2 Å². The quantitative estimate of drug-likeness (QED) is 0.800. The number of para-hydroxylation sites is 1. The second-order valence-corrected chi connectivity index (χ2v) is 5.71. The molecule has 0 aliphatic carbocycles. The number of methoxy groups -OCH3 is 2. The van der Waals surface area contributed by atoms with Crippen molar-refractivity contribution in [3.05, 3.63) is 65.5 Å². The molecule has 0 saturated heterocycles. The number of anilines is 1. The predicted molar refractivity (Wildman–Crippen MR) is 98.2 cm³/mol. The molecule has 0 unspecified atom stereocenters. The normalized spacial score (nSPS) is 16.0. The van der Waals surface area contributed by atoms with Crippen LogP contribution >= 0.6 is 0 Å². The van der Waals surface area contributed by atoms with Gasteiger partial charge in [0.05, 0.1) is 14.2 Å². The first kappa shape index (κ1) is 16.0. The Kier molecular flexibility index (Phi) is 3.94. The van der Waals surface area contributed by atoms with Crippen LogP contribution in [0.2, 0.25) is 0 Å². The summed E-state index contributed by atoms with van der Waals surface area (Å²) in [6, 6.07) is 15.6. The number of nitrogens with zero attached hydrogens (tertiary/aromatic N) is 4. The fraction of sp³-hybridized carbons (Fsp3) is 0.105. The maximum Gasteiger partial charge on any atom is 0.729 e. The van der Waals surface area contributed by atoms with Gasteiger partial charge in [-0.3, -0.25) is 0 Å². The Bertz CT molecular complexity index is 1020. The number of fused-ring (bicyclic) bond motifs is 3. The zero-order valence-corrected chi connectivity index (χ0v) is 14.4. The van der Waals surface area contributed by atoms with E-state index in [1.54, 1.807) is 44.6 Å². The number of nitriles is 1. The van der Waals surface area contributed by atoms with E-state index < -0.39 is 0 Å². The van der Waals surface area contributed by atoms with Gasteiger partial charge in [0.25, 0.3) is 0 Å². The number of azo groups is 1. The van der Waals surface area contributed by atoms with E-state index in [1.165, 1.54) is 0 Å². The molecule has 4 rings (SSSR count). The lowest BCUT2D eigenvalue weighted by Crippen LogP contribution is -2.27. The Hall–Kier alpha value is -3.53. The third-order valence-corrected chi connectivity index (χ3v) is 4.28. The maximum atomic E-state index is 9.67. The van der Waals surface area contributed by atoms with Crippen molar-refractivity contribution in [2.24, 2.45) is 5.11 Å². The van der Waals surface area contributed by atoms with Crippen molar-refractivity contribution < 1.29 is 14.1 Å². The van der Waals surface area contributed by atoms with Crippen molar-refractivity contribution in [3.63, 3.8) is 0 Å². The van der Waals surface area contributed by atoms with Gasteiger partial charge in [-0.05, 0) is 35.0 Å². The molecule has 0 saturated carbocycles. The lowest BCUT2D eigenvalue weighted by Gasteiger charge is -2.20. The Labute approximate surface area is 152 Å². The summed E-state index contributed by atoms with van der Waals surface area (Å²) < 4.78 is 12.2. The molecule has 0 amide bonds. The van der Waals surface area contributed by atoms with Gasteiger partial charge < -0.3 is 14.3 Å². The van der Waals surface area contributed by atoms with E-state index in [-0.39, 0.29) is 0 Å². The molecule has 0 bridgehead atoms. The topological polar surface area (TPSA) is 60.9 Å². The van der Waals surface area contributed by atoms with Crippen LogP contribution < -0.4 is 14.3 Å². The fourth-order valence-corrected chi connectivity index (χ4v) is 3.00. The third kappa shape index (κ3) is 2.52. The predicted octanol–water partition coefficient (Wildman–Crippen LogP) is 3.62. The zero-order chi connectivity index (χ0) is 18.1. The number of hydrogen-bond donors (Lipinski definition) is 0. The van der Waals surface area contributed by atoms with Crippen molar-refractivity contribution in [3.8, 4) is 17.6 Å². The Balaban J connectivity index is 1.79. The summed E-state index contributed by atoms with van der Waals surface area (Å²) in [6.45, 7) is 0. The van der Waals surface area contributed by atoms with Crippen molar-refractivity contribution in [2.75, 3.05) is 19.0 Å². The minimum atomic E-state index is 0.452. The number of allylic oxidation sites excluding steroid dienone is 2. The lowest BCUT2D eigenvalue weighted by molar-refractivity contribution is -0.386. The number of hydrogen-bond acceptors (Lipinski definition) is 5. The van der Waals surface area contributed by atoms with Gasteiger partial charge in [0.15, 0.2) is 17.5 Å². The molecule has 125 valence electrons. The average Bonchev–Trinajstić information content (AvgIpc) is 3.05. The molecule has 0 fully saturated rings. The van der Waals surface area contributed by atoms with E-state index in [2.05, 4.69) is 11.2 Å². The molecule has 2 aromatic carbocycles. The SMILES string of the molecule is COc1ccc(N=[N+]2[B]N3C(=C2C#N)C=Cc2ccccc23)c(OC)c1. The van der Waals surface area contributed by atoms with Gasteiger partial charge in [-0.1, -0.05) is 24.3 Å². The van der Waals surface area contributed by atoms with Gasteiger partial charge >= 0.3 is 13.2 Å². The standard InChI is InChI=1S/C19H15BN4O2/c1-25-14-8-9-15(19(11-14)26-2)22-24-18(12-21)17-10-7-13-5-3-4-6-16(13)23(17)20-24/h3-11H,1-2H3/q+1. The fourth-order valence-electron chi connectivity index (χ4n) is 3.00. The highest BCUT2D eigenvalue weighted by Gasteiger charge is 2.43. The van der Waals surface area contributed by atoms with Gasteiger partial charge in [0, 0.05) is 11.8 Å². The molecule has 7 heteroatoms. The summed E-state index contributed by atoms with van der Waals surface area (Å²) in [5.41, 5.74) is 3.96. The number of rotatable bonds is 3. The molecule has 2 heterocycles. The maximum absolute atomic E-state index is 9.67. The second-order valence-electron chi connectivity index (χ2n) is 5.71. The molecular formula is C19H15BN4O2+. The molecule has 2 aliphatic heterocycles. The molecule has 6 nitrogen and oxygen atoms in total. The summed E-state index contributed by atoms with van der Waals surface area (Å²) in [6.07, 6.45) is 3.93. The van der Waals surface area contributed by atoms with E-state index in [0.717, 1.165) is 16.9 Å². The first-order valence-corrected chi connectivity index (χ1v) is 8.04. The summed E-state index contributed by atoms with van der Waals surface area (Å²) in [4.78, 5) is 1.97. The molecule has 1 radical (unpaired) electrons. The second kappa shape index (κ2) is 6.41. The molecule has 2 aromatic rings. The number of benzene rings is 2. The zero-order valence-electron chi connectivity index (χ0n) is 14.4. The first-order chi connectivity index (χ1) is 12.7. The third-order valence-electron chi connectivity index (χ3n) is 4.28. The summed E-state index contributed by atoms with van der Waals surface area (Å²) in [7, 11) is 4.98. The van der Waals surface area contributed by atoms with Gasteiger partial charge in [-0.2, -0.15) is 5.26 Å². The van der Waals surface area contributed by atoms with E-state index in [9.17, 15) is 5.26 Å². The highest BCUT2D eigenvalue weighted by Crippen LogP contribution is 2.37. The van der Waals surface area contributed by atoms with Crippen LogP contribution in [0.1, 0.15) is 5.56 Å². The van der Waals surface area contributed by atoms with Gasteiger partial charge in [-0.25, -0.2) is 0 Å². The molecule has 26 heavy (non-hydrogen) atoms. The van der Waals surface area contributed by atoms with Crippen LogP contribution in [-0.2, 0) is 0 Å². The van der Waals surface area contributed by atoms with E-state index in [0.29, 0.717) is 22.9 Å². The molecule has 0 N–H and O–H groups in total. The number of ether oxygens (including phenoxy) is 2. The van der Waals surface area contributed by atoms with Crippen LogP contribution in [0.4, 0.5) is 11.4 Å². The summed E-state index contributed by atoms with van der Waals surface area (Å²) in [5, 5.41) is 14.3. The molecule has 0 atom stereocenters. The van der Waals surface area contributed by atoms with Gasteiger partial charge in [-0.15, -0.1) is 4.61 Å². The van der Waals surface area contributed by atoms with Crippen LogP contribution in [-0.4, -0.2) is 26.4 Å². The van der Waals surface area contributed by atoms with Gasteiger partial charge in [0.1, 0.15) is 11.4 Å². The molecule has 2 aliphatic rings. The largest absolute Gasteiger partial charge is 0.729 e. The first-order valence-electron chi connectivity index (χ1n) is 8.04. The van der Waals surface area contributed by atoms with Crippen LogP contribution in [0.25, 0.3) is 6.08 Å². The Morgan fingerprint density at radius 3 is 2.73 bits per heavy atom. The molecular weight excluding hydrogens is 327 g/mol. The minimum Gasteiger partial charge on any atom is -0.497 e. The molecule has 0 aromatic heterocycles. The smallest absolute Gasteiger partial charge is 0.497 e. The summed E-state index contributed by atoms with van der Waals surface area (Å²) >= 11 is 0. The Morgan fingerprint density at radius 2 is 1.96 bits per heavy atom. The average molecular weight is 342 g/mol. The highest BCUT2D eigenvalue weighted by atomic mass is 16.5. The van der Waals surface area contributed by atoms with Crippen LogP contribution in [0.15, 0.2) is 65.0 Å². The van der Waals surface area contributed by atoms with Crippen LogP contribution in [0.3, 0.4) is 0 Å². The van der Waals surface area contributed by atoms with Crippen LogP contribution in [0, 0.1) is 11.3 Å². The Morgan fingerprint density at radius 1 is 1.12 bits per heavy atom. The van der Waals surface area contributed by atoms with Crippen molar-refractivity contribution in [1.29, 1.82) is 5.26 Å². The van der Waals surface area contributed by atoms with Crippen LogP contribution in [0.5, 0.6) is 11.5 Å². The van der Waals surface area contributed by atoms with Crippen molar-refractivity contribution in [2.45, 2.75) is 0 Å². The monoisotopic (exact) mass is 342 g/mol. The van der Waals surface area contributed by atoms with E-state index in [4.69, 9.17) is 9.47 Å². The molecule has 0 spiro atoms. The highest BCUT2D eigenvalue weighted by molar-refractivity contribution is 6.36. The lowest BCUT2D eigenvalue weighted by atomic mass is 10.0. The summed E-state index contributed by atoms with van der Waals surface area (Å²) in [5.74, 6) is 1.25. The van der Waals surface area contributed by atoms with Gasteiger partial charge in [0.2, 0.25) is 0 Å². The van der Waals surface area contributed by atoms with Crippen molar-refractivity contribution in [1.82, 2.24) is 0 Å². The van der Waals surface area contributed by atoms with E-state index >= 15 is 0 Å².